The van der Waals surface area contributed by atoms with Crippen LogP contribution in [0.5, 0.6) is 0 Å². The van der Waals surface area contributed by atoms with Crippen LogP contribution in [0.3, 0.4) is 0 Å². The average Bonchev–Trinajstić information content (AvgIpc) is 2.40. The van der Waals surface area contributed by atoms with Gasteiger partial charge in [0.1, 0.15) is 6.10 Å². The SMILES string of the molecule is CC(C)O/N=C/c1ccccc1-c1ccccc1. The van der Waals surface area contributed by atoms with Crippen LogP contribution in [0.2, 0.25) is 0 Å². The third-order valence-electron chi connectivity index (χ3n) is 2.51. The fourth-order valence-electron chi connectivity index (χ4n) is 1.70. The Morgan fingerprint density at radius 3 is 2.33 bits per heavy atom. The van der Waals surface area contributed by atoms with E-state index >= 15 is 0 Å². The minimum absolute atomic E-state index is 0.102. The summed E-state index contributed by atoms with van der Waals surface area (Å²) in [4.78, 5) is 5.21. The Morgan fingerprint density at radius 1 is 0.944 bits per heavy atom. The van der Waals surface area contributed by atoms with E-state index in [-0.39, 0.29) is 6.10 Å². The highest BCUT2D eigenvalue weighted by Gasteiger charge is 2.01. The molecule has 0 N–H and O–H groups in total. The highest BCUT2D eigenvalue weighted by Crippen LogP contribution is 2.22. The number of oxime groups is 1. The van der Waals surface area contributed by atoms with Gasteiger partial charge in [-0.1, -0.05) is 59.8 Å². The molecule has 0 saturated carbocycles. The fourth-order valence-corrected chi connectivity index (χ4v) is 1.70. The van der Waals surface area contributed by atoms with Gasteiger partial charge in [-0.25, -0.2) is 0 Å². The van der Waals surface area contributed by atoms with E-state index in [9.17, 15) is 0 Å². The Morgan fingerprint density at radius 2 is 1.61 bits per heavy atom. The highest BCUT2D eigenvalue weighted by molar-refractivity contribution is 5.90. The molecule has 0 aliphatic heterocycles. The molecule has 2 aromatic rings. The third-order valence-corrected chi connectivity index (χ3v) is 2.51. The van der Waals surface area contributed by atoms with Gasteiger partial charge in [0.25, 0.3) is 0 Å². The van der Waals surface area contributed by atoms with Gasteiger partial charge in [-0.2, -0.15) is 0 Å². The first-order chi connectivity index (χ1) is 8.77. The molecule has 18 heavy (non-hydrogen) atoms. The van der Waals surface area contributed by atoms with Crippen molar-refractivity contribution in [2.45, 2.75) is 20.0 Å². The molecule has 0 heterocycles. The van der Waals surface area contributed by atoms with Crippen LogP contribution in [0.4, 0.5) is 0 Å². The molecule has 0 atom stereocenters. The van der Waals surface area contributed by atoms with Crippen LogP contribution in [0, 0.1) is 0 Å². The van der Waals surface area contributed by atoms with E-state index in [4.69, 9.17) is 4.84 Å². The molecule has 0 aromatic heterocycles. The lowest BCUT2D eigenvalue weighted by Gasteiger charge is -2.06. The number of nitrogens with zero attached hydrogens (tertiary/aromatic N) is 1. The number of benzene rings is 2. The van der Waals surface area contributed by atoms with Crippen LogP contribution in [0.15, 0.2) is 59.8 Å². The Kier molecular flexibility index (Phi) is 4.13. The van der Waals surface area contributed by atoms with Gasteiger partial charge in [0, 0.05) is 5.56 Å². The third kappa shape index (κ3) is 3.20. The Balaban J connectivity index is 2.29. The standard InChI is InChI=1S/C16H17NO/c1-13(2)18-17-12-15-10-6-7-11-16(15)14-8-4-3-5-9-14/h3-13H,1-2H3/b17-12+. The lowest BCUT2D eigenvalue weighted by Crippen LogP contribution is -1.96. The maximum absolute atomic E-state index is 5.21. The molecule has 0 aliphatic rings. The molecular weight excluding hydrogens is 222 g/mol. The predicted molar refractivity (Wildman–Crippen MR) is 75.7 cm³/mol. The van der Waals surface area contributed by atoms with Gasteiger partial charge in [-0.05, 0) is 25.0 Å². The van der Waals surface area contributed by atoms with Crippen molar-refractivity contribution < 1.29 is 4.84 Å². The van der Waals surface area contributed by atoms with Crippen molar-refractivity contribution in [3.8, 4) is 11.1 Å². The molecule has 2 rings (SSSR count). The molecule has 0 aliphatic carbocycles. The van der Waals surface area contributed by atoms with E-state index in [1.165, 1.54) is 5.56 Å². The van der Waals surface area contributed by atoms with Gasteiger partial charge in [-0.3, -0.25) is 0 Å². The summed E-state index contributed by atoms with van der Waals surface area (Å²) in [6.07, 6.45) is 1.87. The second kappa shape index (κ2) is 6.01. The second-order valence-corrected chi connectivity index (χ2v) is 4.34. The van der Waals surface area contributed by atoms with Crippen LogP contribution in [0.1, 0.15) is 19.4 Å². The Labute approximate surface area is 108 Å². The Bertz CT molecular complexity index is 518. The smallest absolute Gasteiger partial charge is 0.122 e. The van der Waals surface area contributed by atoms with E-state index in [1.54, 1.807) is 6.21 Å². The first kappa shape index (κ1) is 12.4. The van der Waals surface area contributed by atoms with Crippen LogP contribution >= 0.6 is 0 Å². The summed E-state index contributed by atoms with van der Waals surface area (Å²) in [5, 5.41) is 4.00. The van der Waals surface area contributed by atoms with Gasteiger partial charge in [0.15, 0.2) is 0 Å². The van der Waals surface area contributed by atoms with Gasteiger partial charge in [0.2, 0.25) is 0 Å². The van der Waals surface area contributed by atoms with Gasteiger partial charge in [0.05, 0.1) is 6.21 Å². The lowest BCUT2D eigenvalue weighted by molar-refractivity contribution is 0.0874. The summed E-state index contributed by atoms with van der Waals surface area (Å²) in [7, 11) is 0. The van der Waals surface area contributed by atoms with Gasteiger partial charge in [-0.15, -0.1) is 0 Å². The van der Waals surface area contributed by atoms with Crippen molar-refractivity contribution >= 4 is 6.21 Å². The van der Waals surface area contributed by atoms with Crippen LogP contribution in [0.25, 0.3) is 11.1 Å². The molecule has 2 heteroatoms. The first-order valence-corrected chi connectivity index (χ1v) is 6.11. The maximum Gasteiger partial charge on any atom is 0.122 e. The van der Waals surface area contributed by atoms with E-state index in [0.717, 1.165) is 11.1 Å². The first-order valence-electron chi connectivity index (χ1n) is 6.11. The molecule has 2 nitrogen and oxygen atoms in total. The zero-order valence-corrected chi connectivity index (χ0v) is 10.7. The van der Waals surface area contributed by atoms with Crippen LogP contribution in [-0.2, 0) is 4.84 Å². The zero-order chi connectivity index (χ0) is 12.8. The summed E-state index contributed by atoms with van der Waals surface area (Å²) in [6, 6.07) is 18.4. The summed E-state index contributed by atoms with van der Waals surface area (Å²) in [5.41, 5.74) is 3.41. The van der Waals surface area contributed by atoms with E-state index in [2.05, 4.69) is 23.4 Å². The normalized spacial score (nSPS) is 11.1. The van der Waals surface area contributed by atoms with E-state index in [1.807, 2.05) is 50.2 Å². The van der Waals surface area contributed by atoms with Crippen molar-refractivity contribution in [2.24, 2.45) is 5.16 Å². The quantitative estimate of drug-likeness (QED) is 0.581. The minimum atomic E-state index is 0.102. The highest BCUT2D eigenvalue weighted by atomic mass is 16.6. The van der Waals surface area contributed by atoms with E-state index in [0.29, 0.717) is 0 Å². The molecule has 0 amide bonds. The molecule has 92 valence electrons. The second-order valence-electron chi connectivity index (χ2n) is 4.34. The number of hydrogen-bond acceptors (Lipinski definition) is 2. The predicted octanol–water partition coefficient (Wildman–Crippen LogP) is 4.11. The summed E-state index contributed by atoms with van der Waals surface area (Å²) in [6.45, 7) is 3.92. The molecular formula is C16H17NO. The number of rotatable bonds is 4. The number of hydrogen-bond donors (Lipinski definition) is 0. The molecule has 0 fully saturated rings. The molecule has 0 unspecified atom stereocenters. The molecule has 2 aromatic carbocycles. The average molecular weight is 239 g/mol. The maximum atomic E-state index is 5.21. The molecule has 0 spiro atoms. The van der Waals surface area contributed by atoms with Gasteiger partial charge < -0.3 is 4.84 Å². The van der Waals surface area contributed by atoms with E-state index < -0.39 is 0 Å². The van der Waals surface area contributed by atoms with Gasteiger partial charge >= 0.3 is 0 Å². The summed E-state index contributed by atoms with van der Waals surface area (Å²) in [5.74, 6) is 0. The summed E-state index contributed by atoms with van der Waals surface area (Å²) < 4.78 is 0. The fraction of sp³-hybridized carbons (Fsp3) is 0.188. The van der Waals surface area contributed by atoms with Crippen LogP contribution < -0.4 is 0 Å². The molecule has 0 bridgehead atoms. The minimum Gasteiger partial charge on any atom is -0.393 e. The topological polar surface area (TPSA) is 21.6 Å². The zero-order valence-electron chi connectivity index (χ0n) is 10.7. The van der Waals surface area contributed by atoms with Crippen molar-refractivity contribution in [1.82, 2.24) is 0 Å². The van der Waals surface area contributed by atoms with Crippen molar-refractivity contribution in [2.75, 3.05) is 0 Å². The summed E-state index contributed by atoms with van der Waals surface area (Å²) >= 11 is 0. The van der Waals surface area contributed by atoms with Crippen molar-refractivity contribution in [3.05, 3.63) is 60.2 Å². The van der Waals surface area contributed by atoms with Crippen molar-refractivity contribution in [3.63, 3.8) is 0 Å². The molecule has 0 saturated heterocycles. The lowest BCUT2D eigenvalue weighted by atomic mass is 10.0. The molecule has 0 radical (unpaired) electrons. The van der Waals surface area contributed by atoms with Crippen LogP contribution in [-0.4, -0.2) is 12.3 Å². The largest absolute Gasteiger partial charge is 0.393 e. The monoisotopic (exact) mass is 239 g/mol. The Hall–Kier alpha value is -2.09. The van der Waals surface area contributed by atoms with Crippen molar-refractivity contribution in [1.29, 1.82) is 0 Å².